The van der Waals surface area contributed by atoms with Crippen LogP contribution in [-0.2, 0) is 16.6 Å². The molecule has 0 spiro atoms. The fourth-order valence-electron chi connectivity index (χ4n) is 2.95. The standard InChI is InChI=1S/C15H23ClN2O2S/c1-3-15(4-2)7-8-18(11-15)21(19,20)14-6-5-12(10-17)9-13(14)16/h5-6,9H,3-4,7-8,10-11,17H2,1-2H3. The predicted octanol–water partition coefficient (Wildman–Crippen LogP) is 3.00. The lowest BCUT2D eigenvalue weighted by atomic mass is 9.82. The Kier molecular flexibility index (Phi) is 4.98. The average molecular weight is 331 g/mol. The van der Waals surface area contributed by atoms with E-state index in [2.05, 4.69) is 13.8 Å². The Morgan fingerprint density at radius 2 is 2.00 bits per heavy atom. The van der Waals surface area contributed by atoms with Crippen molar-refractivity contribution in [3.05, 3.63) is 28.8 Å². The topological polar surface area (TPSA) is 63.4 Å². The van der Waals surface area contributed by atoms with E-state index < -0.39 is 10.0 Å². The zero-order chi connectivity index (χ0) is 15.7. The number of nitrogens with zero attached hydrogens (tertiary/aromatic N) is 1. The van der Waals surface area contributed by atoms with E-state index in [9.17, 15) is 8.42 Å². The molecule has 6 heteroatoms. The van der Waals surface area contributed by atoms with E-state index in [1.165, 1.54) is 0 Å². The molecule has 1 heterocycles. The van der Waals surface area contributed by atoms with E-state index in [-0.39, 0.29) is 15.3 Å². The summed E-state index contributed by atoms with van der Waals surface area (Å²) in [6.07, 6.45) is 2.91. The van der Waals surface area contributed by atoms with Crippen LogP contribution in [-0.4, -0.2) is 25.8 Å². The van der Waals surface area contributed by atoms with Gasteiger partial charge >= 0.3 is 0 Å². The molecule has 0 saturated carbocycles. The molecular weight excluding hydrogens is 308 g/mol. The number of benzene rings is 1. The molecule has 0 bridgehead atoms. The predicted molar refractivity (Wildman–Crippen MR) is 85.7 cm³/mol. The highest BCUT2D eigenvalue weighted by molar-refractivity contribution is 7.89. The Bertz CT molecular complexity index is 612. The fraction of sp³-hybridized carbons (Fsp3) is 0.600. The lowest BCUT2D eigenvalue weighted by molar-refractivity contribution is 0.279. The van der Waals surface area contributed by atoms with Gasteiger partial charge in [0.05, 0.1) is 5.02 Å². The second-order valence-electron chi connectivity index (χ2n) is 5.76. The number of sulfonamides is 1. The summed E-state index contributed by atoms with van der Waals surface area (Å²) >= 11 is 6.15. The largest absolute Gasteiger partial charge is 0.326 e. The lowest BCUT2D eigenvalue weighted by Crippen LogP contribution is -2.32. The molecule has 1 fully saturated rings. The van der Waals surface area contributed by atoms with Crippen LogP contribution in [0.3, 0.4) is 0 Å². The molecule has 1 saturated heterocycles. The summed E-state index contributed by atoms with van der Waals surface area (Å²) in [4.78, 5) is 0.185. The first-order valence-corrected chi connectivity index (χ1v) is 9.19. The summed E-state index contributed by atoms with van der Waals surface area (Å²) < 4.78 is 27.1. The van der Waals surface area contributed by atoms with Crippen LogP contribution in [0.15, 0.2) is 23.1 Å². The molecule has 1 aliphatic heterocycles. The van der Waals surface area contributed by atoms with Crippen molar-refractivity contribution in [3.63, 3.8) is 0 Å². The minimum absolute atomic E-state index is 0.108. The fourth-order valence-corrected chi connectivity index (χ4v) is 5.04. The number of nitrogens with two attached hydrogens (primary N) is 1. The van der Waals surface area contributed by atoms with Crippen LogP contribution in [0.4, 0.5) is 0 Å². The van der Waals surface area contributed by atoms with Crippen LogP contribution in [0.25, 0.3) is 0 Å². The first kappa shape index (κ1) is 16.7. The molecule has 1 aromatic carbocycles. The maximum Gasteiger partial charge on any atom is 0.244 e. The second-order valence-corrected chi connectivity index (χ2v) is 8.08. The van der Waals surface area contributed by atoms with Gasteiger partial charge in [-0.2, -0.15) is 4.31 Å². The molecule has 21 heavy (non-hydrogen) atoms. The van der Waals surface area contributed by atoms with E-state index in [4.69, 9.17) is 17.3 Å². The third kappa shape index (κ3) is 3.11. The van der Waals surface area contributed by atoms with Gasteiger partial charge < -0.3 is 5.73 Å². The summed E-state index contributed by atoms with van der Waals surface area (Å²) in [5.41, 5.74) is 6.49. The van der Waals surface area contributed by atoms with Gasteiger partial charge in [-0.15, -0.1) is 0 Å². The normalized spacial score (nSPS) is 19.0. The Balaban J connectivity index is 2.31. The molecular formula is C15H23ClN2O2S. The average Bonchev–Trinajstić information content (AvgIpc) is 2.92. The van der Waals surface area contributed by atoms with Gasteiger partial charge in [-0.1, -0.05) is 31.5 Å². The monoisotopic (exact) mass is 330 g/mol. The van der Waals surface area contributed by atoms with Crippen molar-refractivity contribution in [2.75, 3.05) is 13.1 Å². The third-order valence-electron chi connectivity index (χ3n) is 4.75. The highest BCUT2D eigenvalue weighted by Gasteiger charge is 2.41. The Morgan fingerprint density at radius 1 is 1.33 bits per heavy atom. The molecule has 0 unspecified atom stereocenters. The number of rotatable bonds is 5. The Hall–Kier alpha value is -0.620. The van der Waals surface area contributed by atoms with Crippen LogP contribution in [0, 0.1) is 5.41 Å². The van der Waals surface area contributed by atoms with E-state index in [1.54, 1.807) is 22.5 Å². The van der Waals surface area contributed by atoms with Gasteiger partial charge in [0, 0.05) is 19.6 Å². The van der Waals surface area contributed by atoms with Crippen molar-refractivity contribution in [3.8, 4) is 0 Å². The van der Waals surface area contributed by atoms with Crippen molar-refractivity contribution < 1.29 is 8.42 Å². The quantitative estimate of drug-likeness (QED) is 0.902. The molecule has 0 aromatic heterocycles. The second kappa shape index (κ2) is 6.24. The SMILES string of the molecule is CCC1(CC)CCN(S(=O)(=O)c2ccc(CN)cc2Cl)C1. The summed E-state index contributed by atoms with van der Waals surface area (Å²) in [6, 6.07) is 4.93. The van der Waals surface area contributed by atoms with E-state index in [0.29, 0.717) is 19.6 Å². The molecule has 2 rings (SSSR count). The minimum Gasteiger partial charge on any atom is -0.326 e. The van der Waals surface area contributed by atoms with Gasteiger partial charge in [-0.3, -0.25) is 0 Å². The van der Waals surface area contributed by atoms with Gasteiger partial charge in [0.2, 0.25) is 10.0 Å². The zero-order valence-corrected chi connectivity index (χ0v) is 14.2. The van der Waals surface area contributed by atoms with Crippen molar-refractivity contribution in [1.82, 2.24) is 4.31 Å². The molecule has 118 valence electrons. The van der Waals surface area contributed by atoms with Gasteiger partial charge in [0.25, 0.3) is 0 Å². The summed E-state index contributed by atoms with van der Waals surface area (Å²) in [5.74, 6) is 0. The molecule has 1 aliphatic rings. The summed E-state index contributed by atoms with van der Waals surface area (Å²) in [5, 5.41) is 0.253. The molecule has 2 N–H and O–H groups in total. The minimum atomic E-state index is -3.53. The Labute approximate surface area is 132 Å². The van der Waals surface area contributed by atoms with Crippen molar-refractivity contribution in [1.29, 1.82) is 0 Å². The third-order valence-corrected chi connectivity index (χ3v) is 7.08. The highest BCUT2D eigenvalue weighted by atomic mass is 35.5. The van der Waals surface area contributed by atoms with Gasteiger partial charge in [0.15, 0.2) is 0 Å². The maximum absolute atomic E-state index is 12.8. The van der Waals surface area contributed by atoms with Gasteiger partial charge in [0.1, 0.15) is 4.90 Å². The highest BCUT2D eigenvalue weighted by Crippen LogP contribution is 2.40. The summed E-state index contributed by atoms with van der Waals surface area (Å²) in [7, 11) is -3.53. The number of hydrogen-bond acceptors (Lipinski definition) is 3. The molecule has 4 nitrogen and oxygen atoms in total. The smallest absolute Gasteiger partial charge is 0.244 e. The van der Waals surface area contributed by atoms with E-state index in [0.717, 1.165) is 24.8 Å². The van der Waals surface area contributed by atoms with Crippen molar-refractivity contribution >= 4 is 21.6 Å². The van der Waals surface area contributed by atoms with Crippen LogP contribution in [0.5, 0.6) is 0 Å². The van der Waals surface area contributed by atoms with Crippen molar-refractivity contribution in [2.45, 2.75) is 44.6 Å². The molecule has 0 radical (unpaired) electrons. The molecule has 0 amide bonds. The summed E-state index contributed by atoms with van der Waals surface area (Å²) in [6.45, 7) is 5.75. The lowest BCUT2D eigenvalue weighted by Gasteiger charge is -2.26. The van der Waals surface area contributed by atoms with Crippen LogP contribution in [0.2, 0.25) is 5.02 Å². The van der Waals surface area contributed by atoms with Crippen molar-refractivity contribution in [2.24, 2.45) is 11.1 Å². The van der Waals surface area contributed by atoms with E-state index >= 15 is 0 Å². The molecule has 0 atom stereocenters. The number of hydrogen-bond donors (Lipinski definition) is 1. The number of halogens is 1. The van der Waals surface area contributed by atoms with Crippen LogP contribution < -0.4 is 5.73 Å². The Morgan fingerprint density at radius 3 is 2.48 bits per heavy atom. The van der Waals surface area contributed by atoms with Gasteiger partial charge in [-0.05, 0) is 42.4 Å². The van der Waals surface area contributed by atoms with Gasteiger partial charge in [-0.25, -0.2) is 8.42 Å². The zero-order valence-electron chi connectivity index (χ0n) is 12.6. The van der Waals surface area contributed by atoms with E-state index in [1.807, 2.05) is 0 Å². The first-order chi connectivity index (χ1) is 9.88. The van der Waals surface area contributed by atoms with Crippen LogP contribution >= 0.6 is 11.6 Å². The maximum atomic E-state index is 12.8. The molecule has 1 aromatic rings. The molecule has 0 aliphatic carbocycles. The first-order valence-electron chi connectivity index (χ1n) is 7.37. The van der Waals surface area contributed by atoms with Crippen LogP contribution in [0.1, 0.15) is 38.7 Å².